The van der Waals surface area contributed by atoms with Crippen LogP contribution in [0.5, 0.6) is 0 Å². The number of rotatable bonds is 4. The minimum Gasteiger partial charge on any atom is -0.336 e. The van der Waals surface area contributed by atoms with E-state index < -0.39 is 10.0 Å². The van der Waals surface area contributed by atoms with E-state index in [0.29, 0.717) is 29.9 Å². The Bertz CT molecular complexity index is 994. The van der Waals surface area contributed by atoms with Gasteiger partial charge in [0, 0.05) is 31.7 Å². The van der Waals surface area contributed by atoms with Crippen LogP contribution in [0.25, 0.3) is 0 Å². The van der Waals surface area contributed by atoms with Crippen LogP contribution in [-0.2, 0) is 10.0 Å². The summed E-state index contributed by atoms with van der Waals surface area (Å²) in [5.74, 6) is -0.128. The van der Waals surface area contributed by atoms with Gasteiger partial charge in [-0.3, -0.25) is 9.52 Å². The molecular formula is C21H27N3O3S. The van der Waals surface area contributed by atoms with Gasteiger partial charge >= 0.3 is 0 Å². The van der Waals surface area contributed by atoms with Crippen LogP contribution in [-0.4, -0.2) is 57.4 Å². The van der Waals surface area contributed by atoms with Crippen molar-refractivity contribution in [2.24, 2.45) is 0 Å². The summed E-state index contributed by atoms with van der Waals surface area (Å²) in [6.45, 7) is 8.48. The van der Waals surface area contributed by atoms with E-state index in [-0.39, 0.29) is 10.8 Å². The van der Waals surface area contributed by atoms with Gasteiger partial charge in [-0.2, -0.15) is 0 Å². The molecule has 0 spiro atoms. The SMILES string of the molecule is Cc1ccc(C(=O)N2CCN(C)CC2)cc1S(=O)(=O)Nc1cccc(C)c1C. The van der Waals surface area contributed by atoms with Crippen molar-refractivity contribution in [3.05, 3.63) is 58.7 Å². The quantitative estimate of drug-likeness (QED) is 0.855. The zero-order chi connectivity index (χ0) is 20.5. The summed E-state index contributed by atoms with van der Waals surface area (Å²) in [7, 11) is -1.78. The van der Waals surface area contributed by atoms with Crippen molar-refractivity contribution in [3.63, 3.8) is 0 Å². The molecule has 1 saturated heterocycles. The van der Waals surface area contributed by atoms with Gasteiger partial charge in [0.15, 0.2) is 0 Å². The molecule has 28 heavy (non-hydrogen) atoms. The number of piperazine rings is 1. The molecule has 1 aliphatic rings. The topological polar surface area (TPSA) is 69.7 Å². The number of likely N-dealkylation sites (N-methyl/N-ethyl adjacent to an activating group) is 1. The maximum atomic E-state index is 13.0. The molecule has 2 aromatic carbocycles. The van der Waals surface area contributed by atoms with Crippen LogP contribution in [0.1, 0.15) is 27.0 Å². The highest BCUT2D eigenvalue weighted by atomic mass is 32.2. The zero-order valence-corrected chi connectivity index (χ0v) is 17.6. The first kappa shape index (κ1) is 20.4. The van der Waals surface area contributed by atoms with Crippen molar-refractivity contribution in [1.29, 1.82) is 0 Å². The maximum Gasteiger partial charge on any atom is 0.262 e. The molecule has 150 valence electrons. The Labute approximate surface area is 167 Å². The smallest absolute Gasteiger partial charge is 0.262 e. The fourth-order valence-electron chi connectivity index (χ4n) is 3.28. The minimum atomic E-state index is -3.81. The highest BCUT2D eigenvalue weighted by Crippen LogP contribution is 2.25. The molecule has 0 saturated carbocycles. The summed E-state index contributed by atoms with van der Waals surface area (Å²) < 4.78 is 28.8. The van der Waals surface area contributed by atoms with Crippen molar-refractivity contribution in [2.45, 2.75) is 25.7 Å². The lowest BCUT2D eigenvalue weighted by atomic mass is 10.1. The normalized spacial score (nSPS) is 15.5. The van der Waals surface area contributed by atoms with Crippen LogP contribution in [0.15, 0.2) is 41.3 Å². The lowest BCUT2D eigenvalue weighted by Crippen LogP contribution is -2.47. The number of hydrogen-bond donors (Lipinski definition) is 1. The van der Waals surface area contributed by atoms with Gasteiger partial charge in [0.2, 0.25) is 0 Å². The molecule has 0 radical (unpaired) electrons. The van der Waals surface area contributed by atoms with Gasteiger partial charge in [0.1, 0.15) is 0 Å². The van der Waals surface area contributed by atoms with Crippen molar-refractivity contribution in [3.8, 4) is 0 Å². The Morgan fingerprint density at radius 1 is 0.964 bits per heavy atom. The van der Waals surface area contributed by atoms with Crippen LogP contribution in [0.3, 0.4) is 0 Å². The number of carbonyl (C=O) groups excluding carboxylic acids is 1. The fourth-order valence-corrected chi connectivity index (χ4v) is 4.67. The van der Waals surface area contributed by atoms with E-state index in [1.807, 2.05) is 33.0 Å². The molecule has 0 unspecified atom stereocenters. The molecule has 0 bridgehead atoms. The average Bonchev–Trinajstić information content (AvgIpc) is 2.65. The van der Waals surface area contributed by atoms with Gasteiger partial charge in [-0.05, 0) is 62.7 Å². The van der Waals surface area contributed by atoms with E-state index in [4.69, 9.17) is 0 Å². The predicted molar refractivity (Wildman–Crippen MR) is 111 cm³/mol. The van der Waals surface area contributed by atoms with Crippen molar-refractivity contribution in [1.82, 2.24) is 9.80 Å². The van der Waals surface area contributed by atoms with Crippen molar-refractivity contribution < 1.29 is 13.2 Å². The molecule has 2 aromatic rings. The fraction of sp³-hybridized carbons (Fsp3) is 0.381. The molecule has 3 rings (SSSR count). The molecule has 1 N–H and O–H groups in total. The number of nitrogens with one attached hydrogen (secondary N) is 1. The first-order valence-electron chi connectivity index (χ1n) is 9.36. The molecule has 1 fully saturated rings. The summed E-state index contributed by atoms with van der Waals surface area (Å²) in [5, 5.41) is 0. The van der Waals surface area contributed by atoms with E-state index in [9.17, 15) is 13.2 Å². The number of anilines is 1. The second-order valence-corrected chi connectivity index (χ2v) is 9.08. The summed E-state index contributed by atoms with van der Waals surface area (Å²) in [6.07, 6.45) is 0. The van der Waals surface area contributed by atoms with Gasteiger partial charge in [0.05, 0.1) is 10.6 Å². The first-order valence-corrected chi connectivity index (χ1v) is 10.8. The number of benzene rings is 2. The summed E-state index contributed by atoms with van der Waals surface area (Å²) in [4.78, 5) is 16.9. The molecular weight excluding hydrogens is 374 g/mol. The Balaban J connectivity index is 1.90. The Morgan fingerprint density at radius 2 is 1.64 bits per heavy atom. The van der Waals surface area contributed by atoms with Crippen LogP contribution in [0.2, 0.25) is 0 Å². The molecule has 1 heterocycles. The molecule has 1 amide bonds. The van der Waals surface area contributed by atoms with Crippen molar-refractivity contribution in [2.75, 3.05) is 37.9 Å². The standard InChI is InChI=1S/C21H27N3O3S/c1-15-6-5-7-19(17(15)3)22-28(26,27)20-14-18(9-8-16(20)2)21(25)24-12-10-23(4)11-13-24/h5-9,14,22H,10-13H2,1-4H3. The molecule has 7 heteroatoms. The number of aryl methyl sites for hydroxylation is 2. The van der Waals surface area contributed by atoms with Crippen molar-refractivity contribution >= 4 is 21.6 Å². The number of amides is 1. The molecule has 0 aliphatic carbocycles. The second kappa shape index (κ2) is 7.93. The zero-order valence-electron chi connectivity index (χ0n) is 16.8. The minimum absolute atomic E-state index is 0.128. The third-order valence-corrected chi connectivity index (χ3v) is 6.87. The first-order chi connectivity index (χ1) is 13.2. The summed E-state index contributed by atoms with van der Waals surface area (Å²) in [6, 6.07) is 10.4. The monoisotopic (exact) mass is 401 g/mol. The third kappa shape index (κ3) is 4.20. The Hall–Kier alpha value is -2.38. The van der Waals surface area contributed by atoms with Crippen LogP contribution in [0.4, 0.5) is 5.69 Å². The predicted octanol–water partition coefficient (Wildman–Crippen LogP) is 2.80. The molecule has 0 aromatic heterocycles. The highest BCUT2D eigenvalue weighted by Gasteiger charge is 2.24. The van der Waals surface area contributed by atoms with Gasteiger partial charge in [-0.25, -0.2) is 8.42 Å². The number of nitrogens with zero attached hydrogens (tertiary/aromatic N) is 2. The second-order valence-electron chi connectivity index (χ2n) is 7.43. The molecule has 6 nitrogen and oxygen atoms in total. The largest absolute Gasteiger partial charge is 0.336 e. The van der Waals surface area contributed by atoms with Gasteiger partial charge in [0.25, 0.3) is 15.9 Å². The summed E-state index contributed by atoms with van der Waals surface area (Å²) in [5.41, 5.74) is 3.45. The third-order valence-electron chi connectivity index (χ3n) is 5.36. The lowest BCUT2D eigenvalue weighted by molar-refractivity contribution is 0.0664. The lowest BCUT2D eigenvalue weighted by Gasteiger charge is -2.32. The molecule has 1 aliphatic heterocycles. The maximum absolute atomic E-state index is 13.0. The summed E-state index contributed by atoms with van der Waals surface area (Å²) >= 11 is 0. The van der Waals surface area contributed by atoms with E-state index in [1.165, 1.54) is 6.07 Å². The number of carbonyl (C=O) groups is 1. The van der Waals surface area contributed by atoms with E-state index in [2.05, 4.69) is 9.62 Å². The highest BCUT2D eigenvalue weighted by molar-refractivity contribution is 7.92. The van der Waals surface area contributed by atoms with Gasteiger partial charge < -0.3 is 9.80 Å². The molecule has 0 atom stereocenters. The number of hydrogen-bond acceptors (Lipinski definition) is 4. The van der Waals surface area contributed by atoms with E-state index in [1.54, 1.807) is 30.0 Å². The van der Waals surface area contributed by atoms with Crippen LogP contribution >= 0.6 is 0 Å². The van der Waals surface area contributed by atoms with Crippen LogP contribution in [0, 0.1) is 20.8 Å². The average molecular weight is 402 g/mol. The van der Waals surface area contributed by atoms with Gasteiger partial charge in [-0.1, -0.05) is 18.2 Å². The number of sulfonamides is 1. The van der Waals surface area contributed by atoms with Crippen LogP contribution < -0.4 is 4.72 Å². The Morgan fingerprint density at radius 3 is 2.32 bits per heavy atom. The van der Waals surface area contributed by atoms with Gasteiger partial charge in [-0.15, -0.1) is 0 Å². The van der Waals surface area contributed by atoms with E-state index in [0.717, 1.165) is 24.2 Å². The van der Waals surface area contributed by atoms with E-state index >= 15 is 0 Å². The Kier molecular flexibility index (Phi) is 5.76.